The summed E-state index contributed by atoms with van der Waals surface area (Å²) < 4.78 is 0. The van der Waals surface area contributed by atoms with Gasteiger partial charge in [-0.2, -0.15) is 0 Å². The number of halogens is 1. The lowest BCUT2D eigenvalue weighted by Gasteiger charge is -2.23. The monoisotopic (exact) mass is 314 g/mol. The van der Waals surface area contributed by atoms with Gasteiger partial charge in [-0.3, -0.25) is 0 Å². The molecule has 0 saturated heterocycles. The van der Waals surface area contributed by atoms with Gasteiger partial charge in [-0.15, -0.1) is 0 Å². The Morgan fingerprint density at radius 2 is 1.61 bits per heavy atom. The first-order chi connectivity index (χ1) is 8.54. The molecule has 0 aliphatic heterocycles. The molecule has 0 fully saturated rings. The molecule has 0 aliphatic carbocycles. The van der Waals surface area contributed by atoms with Gasteiger partial charge in [0.05, 0.1) is 6.10 Å². The number of alkyl halides is 1. The van der Waals surface area contributed by atoms with E-state index in [9.17, 15) is 10.2 Å². The highest BCUT2D eigenvalue weighted by atomic mass is 79.9. The van der Waals surface area contributed by atoms with Crippen LogP contribution in [0.2, 0.25) is 0 Å². The van der Waals surface area contributed by atoms with E-state index in [1.165, 1.54) is 5.56 Å². The quantitative estimate of drug-likeness (QED) is 0.791. The minimum atomic E-state index is -0.784. The predicted octanol–water partition coefficient (Wildman–Crippen LogP) is 3.30. The van der Waals surface area contributed by atoms with Crippen LogP contribution >= 0.6 is 15.9 Å². The first kappa shape index (κ1) is 15.7. The number of hydrogen-bond acceptors (Lipinski definition) is 2. The largest absolute Gasteiger partial charge is 0.390 e. The summed E-state index contributed by atoms with van der Waals surface area (Å²) in [6, 6.07) is 4.22. The third-order valence-electron chi connectivity index (χ3n) is 3.32. The van der Waals surface area contributed by atoms with Crippen LogP contribution in [0.25, 0.3) is 0 Å². The van der Waals surface area contributed by atoms with Crippen molar-refractivity contribution in [3.63, 3.8) is 0 Å². The van der Waals surface area contributed by atoms with Crippen LogP contribution in [0.4, 0.5) is 0 Å². The Hall–Kier alpha value is -0.380. The summed E-state index contributed by atoms with van der Waals surface area (Å²) in [5.74, 6) is 0. The van der Waals surface area contributed by atoms with Crippen molar-refractivity contribution in [1.29, 1.82) is 0 Å². The minimum absolute atomic E-state index is 0.557. The van der Waals surface area contributed by atoms with Crippen LogP contribution in [0.1, 0.15) is 48.6 Å². The first-order valence-corrected chi connectivity index (χ1v) is 7.71. The molecule has 0 aromatic heterocycles. The number of aliphatic hydroxyl groups excluding tert-OH is 2. The van der Waals surface area contributed by atoms with Crippen molar-refractivity contribution >= 4 is 15.9 Å². The maximum atomic E-state index is 10.4. The van der Waals surface area contributed by atoms with Gasteiger partial charge in [0, 0.05) is 5.33 Å². The van der Waals surface area contributed by atoms with Gasteiger partial charge in [-0.25, -0.2) is 0 Å². The van der Waals surface area contributed by atoms with Crippen molar-refractivity contribution in [2.24, 2.45) is 0 Å². The molecule has 1 rings (SSSR count). The van der Waals surface area contributed by atoms with E-state index in [1.54, 1.807) is 0 Å². The summed E-state index contributed by atoms with van der Waals surface area (Å²) in [6.07, 6.45) is 0.821. The SMILES string of the molecule is CCc1cc(C)cc(CC)c1C(O)C(O)CCBr. The van der Waals surface area contributed by atoms with Crippen molar-refractivity contribution < 1.29 is 10.2 Å². The minimum Gasteiger partial charge on any atom is -0.390 e. The van der Waals surface area contributed by atoms with E-state index >= 15 is 0 Å². The molecule has 0 spiro atoms. The molecule has 0 bridgehead atoms. The molecule has 102 valence electrons. The second-order valence-electron chi connectivity index (χ2n) is 4.69. The van der Waals surface area contributed by atoms with Gasteiger partial charge < -0.3 is 10.2 Å². The first-order valence-electron chi connectivity index (χ1n) is 6.59. The lowest BCUT2D eigenvalue weighted by atomic mass is 9.89. The van der Waals surface area contributed by atoms with Gasteiger partial charge in [0.1, 0.15) is 6.10 Å². The summed E-state index contributed by atoms with van der Waals surface area (Å²) in [5, 5.41) is 21.1. The topological polar surface area (TPSA) is 40.5 Å². The highest BCUT2D eigenvalue weighted by Gasteiger charge is 2.22. The van der Waals surface area contributed by atoms with Crippen LogP contribution in [-0.4, -0.2) is 21.6 Å². The van der Waals surface area contributed by atoms with E-state index in [0.29, 0.717) is 11.8 Å². The molecule has 0 radical (unpaired) electrons. The van der Waals surface area contributed by atoms with E-state index in [-0.39, 0.29) is 0 Å². The Labute approximate surface area is 118 Å². The lowest BCUT2D eigenvalue weighted by Crippen LogP contribution is -2.21. The fraction of sp³-hybridized carbons (Fsp3) is 0.600. The van der Waals surface area contributed by atoms with Crippen molar-refractivity contribution in [3.05, 3.63) is 34.4 Å². The molecule has 18 heavy (non-hydrogen) atoms. The van der Waals surface area contributed by atoms with Gasteiger partial charge >= 0.3 is 0 Å². The van der Waals surface area contributed by atoms with Crippen LogP contribution in [-0.2, 0) is 12.8 Å². The summed E-state index contributed by atoms with van der Waals surface area (Å²) in [7, 11) is 0. The normalized spacial score (nSPS) is 14.6. The maximum Gasteiger partial charge on any atom is 0.105 e. The van der Waals surface area contributed by atoms with Gasteiger partial charge in [0.15, 0.2) is 0 Å². The molecule has 2 atom stereocenters. The fourth-order valence-electron chi connectivity index (χ4n) is 2.38. The van der Waals surface area contributed by atoms with E-state index in [0.717, 1.165) is 29.5 Å². The summed E-state index contributed by atoms with van der Waals surface area (Å²) in [6.45, 7) is 6.24. The van der Waals surface area contributed by atoms with Crippen LogP contribution in [0, 0.1) is 6.92 Å². The van der Waals surface area contributed by atoms with Gasteiger partial charge in [-0.1, -0.05) is 47.5 Å². The number of aryl methyl sites for hydroxylation is 3. The summed E-state index contributed by atoms with van der Waals surface area (Å²) >= 11 is 3.30. The predicted molar refractivity (Wildman–Crippen MR) is 79.3 cm³/mol. The molecule has 1 aromatic carbocycles. The van der Waals surface area contributed by atoms with Gasteiger partial charge in [0.25, 0.3) is 0 Å². The molecule has 0 heterocycles. The summed E-state index contributed by atoms with van der Waals surface area (Å²) in [5.41, 5.74) is 4.44. The standard InChI is InChI=1S/C15H23BrO2/c1-4-11-8-10(3)9-12(5-2)14(11)15(18)13(17)6-7-16/h8-9,13,15,17-18H,4-7H2,1-3H3. The van der Waals surface area contributed by atoms with E-state index in [1.807, 2.05) is 0 Å². The van der Waals surface area contributed by atoms with Crippen LogP contribution in [0.15, 0.2) is 12.1 Å². The Balaban J connectivity index is 3.19. The zero-order valence-electron chi connectivity index (χ0n) is 11.4. The summed E-state index contributed by atoms with van der Waals surface area (Å²) in [4.78, 5) is 0. The molecule has 0 saturated carbocycles. The number of benzene rings is 1. The zero-order valence-corrected chi connectivity index (χ0v) is 13.0. The Bertz CT molecular complexity index is 365. The molecule has 3 heteroatoms. The molecule has 0 aliphatic rings. The van der Waals surface area contributed by atoms with E-state index < -0.39 is 12.2 Å². The van der Waals surface area contributed by atoms with E-state index in [2.05, 4.69) is 48.8 Å². The molecule has 2 nitrogen and oxygen atoms in total. The molecular weight excluding hydrogens is 292 g/mol. The van der Waals surface area contributed by atoms with Crippen LogP contribution in [0.3, 0.4) is 0 Å². The Morgan fingerprint density at radius 1 is 1.11 bits per heavy atom. The van der Waals surface area contributed by atoms with E-state index in [4.69, 9.17) is 0 Å². The maximum absolute atomic E-state index is 10.4. The average molecular weight is 315 g/mol. The Morgan fingerprint density at radius 3 is 2.00 bits per heavy atom. The zero-order chi connectivity index (χ0) is 13.7. The second-order valence-corrected chi connectivity index (χ2v) is 5.49. The highest BCUT2D eigenvalue weighted by molar-refractivity contribution is 9.09. The van der Waals surface area contributed by atoms with Crippen molar-refractivity contribution in [2.75, 3.05) is 5.33 Å². The smallest absolute Gasteiger partial charge is 0.105 e. The molecule has 1 aromatic rings. The lowest BCUT2D eigenvalue weighted by molar-refractivity contribution is 0.0163. The fourth-order valence-corrected chi connectivity index (χ4v) is 2.85. The molecule has 2 unspecified atom stereocenters. The third kappa shape index (κ3) is 3.56. The van der Waals surface area contributed by atoms with Gasteiger partial charge in [0.2, 0.25) is 0 Å². The number of rotatable bonds is 6. The average Bonchev–Trinajstić information content (AvgIpc) is 2.36. The third-order valence-corrected chi connectivity index (χ3v) is 3.78. The van der Waals surface area contributed by atoms with Crippen molar-refractivity contribution in [2.45, 2.75) is 52.2 Å². The van der Waals surface area contributed by atoms with Crippen molar-refractivity contribution in [3.8, 4) is 0 Å². The number of hydrogen-bond donors (Lipinski definition) is 2. The van der Waals surface area contributed by atoms with Crippen molar-refractivity contribution in [1.82, 2.24) is 0 Å². The highest BCUT2D eigenvalue weighted by Crippen LogP contribution is 2.29. The molecule has 2 N–H and O–H groups in total. The molecule has 0 amide bonds. The van der Waals surface area contributed by atoms with Crippen LogP contribution < -0.4 is 0 Å². The number of aliphatic hydroxyl groups is 2. The molecular formula is C15H23BrO2. The van der Waals surface area contributed by atoms with Gasteiger partial charge in [-0.05, 0) is 42.9 Å². The second kappa shape index (κ2) is 7.27. The Kier molecular flexibility index (Phi) is 6.33. The van der Waals surface area contributed by atoms with Crippen LogP contribution in [0.5, 0.6) is 0 Å².